The number of hydrogen-bond donors (Lipinski definition) is 2. The highest BCUT2D eigenvalue weighted by molar-refractivity contribution is 5.27. The van der Waals surface area contributed by atoms with Crippen molar-refractivity contribution >= 4 is 0 Å². The van der Waals surface area contributed by atoms with Crippen molar-refractivity contribution in [2.45, 2.75) is 58.6 Å². The first-order chi connectivity index (χ1) is 9.69. The van der Waals surface area contributed by atoms with Crippen LogP contribution in [0.1, 0.15) is 45.6 Å². The maximum absolute atomic E-state index is 9.94. The standard InChI is InChI=1S/C17H29NO2/c1-4-7-15(6-3)18-12-16(19)13-20-17-10-8-14(5-2)9-11-17/h8-11,15-16,18-19H,4-7,12-13H2,1-3H3. The fourth-order valence-corrected chi connectivity index (χ4v) is 2.17. The molecule has 20 heavy (non-hydrogen) atoms. The minimum absolute atomic E-state index is 0.334. The normalized spacial score (nSPS) is 14.0. The minimum Gasteiger partial charge on any atom is -0.491 e. The van der Waals surface area contributed by atoms with Crippen LogP contribution in [0.5, 0.6) is 5.75 Å². The highest BCUT2D eigenvalue weighted by Gasteiger charge is 2.09. The molecule has 0 aliphatic rings. The first kappa shape index (κ1) is 17.0. The maximum Gasteiger partial charge on any atom is 0.119 e. The number of aliphatic hydroxyl groups excluding tert-OH is 1. The predicted molar refractivity (Wildman–Crippen MR) is 84.3 cm³/mol. The third-order valence-corrected chi connectivity index (χ3v) is 3.55. The van der Waals surface area contributed by atoms with Crippen LogP contribution in [0.15, 0.2) is 24.3 Å². The summed E-state index contributed by atoms with van der Waals surface area (Å²) in [4.78, 5) is 0. The smallest absolute Gasteiger partial charge is 0.119 e. The van der Waals surface area contributed by atoms with Crippen LogP contribution in [0.25, 0.3) is 0 Å². The van der Waals surface area contributed by atoms with Crippen LogP contribution in [0.3, 0.4) is 0 Å². The van der Waals surface area contributed by atoms with E-state index in [2.05, 4.69) is 38.2 Å². The molecule has 3 nitrogen and oxygen atoms in total. The van der Waals surface area contributed by atoms with Gasteiger partial charge in [0.25, 0.3) is 0 Å². The van der Waals surface area contributed by atoms with Crippen molar-refractivity contribution in [3.8, 4) is 5.75 Å². The maximum atomic E-state index is 9.94. The molecule has 0 aromatic heterocycles. The fourth-order valence-electron chi connectivity index (χ4n) is 2.17. The molecule has 2 unspecified atom stereocenters. The second kappa shape index (κ2) is 9.78. The predicted octanol–water partition coefficient (Wildman–Crippen LogP) is 3.16. The number of benzene rings is 1. The lowest BCUT2D eigenvalue weighted by Gasteiger charge is -2.19. The molecule has 0 fully saturated rings. The van der Waals surface area contributed by atoms with Gasteiger partial charge in [-0.2, -0.15) is 0 Å². The summed E-state index contributed by atoms with van der Waals surface area (Å²) in [6.45, 7) is 7.41. The van der Waals surface area contributed by atoms with E-state index in [1.807, 2.05) is 12.1 Å². The van der Waals surface area contributed by atoms with Crippen LogP contribution < -0.4 is 10.1 Å². The van der Waals surface area contributed by atoms with Crippen molar-refractivity contribution in [2.24, 2.45) is 0 Å². The summed E-state index contributed by atoms with van der Waals surface area (Å²) in [5, 5.41) is 13.3. The summed E-state index contributed by atoms with van der Waals surface area (Å²) in [5.41, 5.74) is 1.30. The number of rotatable bonds is 10. The number of aryl methyl sites for hydroxylation is 1. The van der Waals surface area contributed by atoms with Gasteiger partial charge in [-0.15, -0.1) is 0 Å². The second-order valence-electron chi connectivity index (χ2n) is 5.26. The summed E-state index contributed by atoms with van der Waals surface area (Å²) in [6, 6.07) is 8.55. The zero-order valence-electron chi connectivity index (χ0n) is 13.1. The van der Waals surface area contributed by atoms with E-state index in [0.717, 1.165) is 25.0 Å². The van der Waals surface area contributed by atoms with Crippen LogP contribution in [0.4, 0.5) is 0 Å². The molecule has 1 aromatic rings. The molecule has 0 aliphatic carbocycles. The number of hydrogen-bond acceptors (Lipinski definition) is 3. The van der Waals surface area contributed by atoms with Crippen LogP contribution in [-0.2, 0) is 6.42 Å². The van der Waals surface area contributed by atoms with Crippen molar-refractivity contribution in [2.75, 3.05) is 13.2 Å². The zero-order valence-corrected chi connectivity index (χ0v) is 13.1. The molecule has 0 aliphatic heterocycles. The van der Waals surface area contributed by atoms with E-state index < -0.39 is 6.10 Å². The Kier molecular flexibility index (Phi) is 8.31. The average molecular weight is 279 g/mol. The van der Waals surface area contributed by atoms with E-state index in [1.54, 1.807) is 0 Å². The van der Waals surface area contributed by atoms with Gasteiger partial charge in [0.1, 0.15) is 18.5 Å². The van der Waals surface area contributed by atoms with E-state index in [9.17, 15) is 5.11 Å². The van der Waals surface area contributed by atoms with Gasteiger partial charge in [0.2, 0.25) is 0 Å². The van der Waals surface area contributed by atoms with Gasteiger partial charge in [0.05, 0.1) is 0 Å². The minimum atomic E-state index is -0.466. The van der Waals surface area contributed by atoms with Crippen molar-refractivity contribution < 1.29 is 9.84 Å². The Balaban J connectivity index is 2.26. The molecule has 0 heterocycles. The van der Waals surface area contributed by atoms with Crippen LogP contribution in [0.2, 0.25) is 0 Å². The molecule has 1 aromatic carbocycles. The van der Waals surface area contributed by atoms with E-state index >= 15 is 0 Å². The van der Waals surface area contributed by atoms with Crippen molar-refractivity contribution in [3.63, 3.8) is 0 Å². The Bertz CT molecular complexity index is 351. The Labute approximate surface area is 123 Å². The molecular weight excluding hydrogens is 250 g/mol. The van der Waals surface area contributed by atoms with Crippen molar-refractivity contribution in [3.05, 3.63) is 29.8 Å². The van der Waals surface area contributed by atoms with Crippen LogP contribution in [0, 0.1) is 0 Å². The lowest BCUT2D eigenvalue weighted by molar-refractivity contribution is 0.103. The molecule has 2 N–H and O–H groups in total. The first-order valence-corrected chi connectivity index (χ1v) is 7.82. The quantitative estimate of drug-likeness (QED) is 0.691. The van der Waals surface area contributed by atoms with Gasteiger partial charge >= 0.3 is 0 Å². The van der Waals surface area contributed by atoms with Gasteiger partial charge in [-0.25, -0.2) is 0 Å². The molecule has 1 rings (SSSR count). The Morgan fingerprint density at radius 3 is 2.40 bits per heavy atom. The first-order valence-electron chi connectivity index (χ1n) is 7.82. The van der Waals surface area contributed by atoms with Gasteiger partial charge in [0, 0.05) is 12.6 Å². The van der Waals surface area contributed by atoms with E-state index in [-0.39, 0.29) is 0 Å². The third-order valence-electron chi connectivity index (χ3n) is 3.55. The lowest BCUT2D eigenvalue weighted by Crippen LogP contribution is -2.37. The average Bonchev–Trinajstić information content (AvgIpc) is 2.49. The highest BCUT2D eigenvalue weighted by Crippen LogP contribution is 2.12. The Morgan fingerprint density at radius 1 is 1.15 bits per heavy atom. The zero-order chi connectivity index (χ0) is 14.8. The highest BCUT2D eigenvalue weighted by atomic mass is 16.5. The van der Waals surface area contributed by atoms with Gasteiger partial charge in [-0.1, -0.05) is 39.3 Å². The van der Waals surface area contributed by atoms with Gasteiger partial charge in [-0.3, -0.25) is 0 Å². The summed E-state index contributed by atoms with van der Waals surface area (Å²) in [5.74, 6) is 0.821. The van der Waals surface area contributed by atoms with E-state index in [1.165, 1.54) is 12.0 Å². The number of nitrogens with one attached hydrogen (secondary N) is 1. The summed E-state index contributed by atoms with van der Waals surface area (Å²) >= 11 is 0. The van der Waals surface area contributed by atoms with Crippen LogP contribution >= 0.6 is 0 Å². The molecule has 0 radical (unpaired) electrons. The van der Waals surface area contributed by atoms with E-state index in [0.29, 0.717) is 19.2 Å². The Hall–Kier alpha value is -1.06. The van der Waals surface area contributed by atoms with Gasteiger partial charge in [0.15, 0.2) is 0 Å². The van der Waals surface area contributed by atoms with Crippen molar-refractivity contribution in [1.82, 2.24) is 5.32 Å². The summed E-state index contributed by atoms with van der Waals surface area (Å²) in [7, 11) is 0. The monoisotopic (exact) mass is 279 g/mol. The van der Waals surface area contributed by atoms with Crippen LogP contribution in [-0.4, -0.2) is 30.4 Å². The number of ether oxygens (including phenoxy) is 1. The topological polar surface area (TPSA) is 41.5 Å². The molecule has 0 amide bonds. The molecule has 0 saturated heterocycles. The molecular formula is C17H29NO2. The lowest BCUT2D eigenvalue weighted by atomic mass is 10.1. The number of aliphatic hydroxyl groups is 1. The summed E-state index contributed by atoms with van der Waals surface area (Å²) < 4.78 is 5.60. The van der Waals surface area contributed by atoms with E-state index in [4.69, 9.17) is 4.74 Å². The molecule has 3 heteroatoms. The molecule has 2 atom stereocenters. The molecule has 0 spiro atoms. The SMILES string of the molecule is CCCC(CC)NCC(O)COc1ccc(CC)cc1. The van der Waals surface area contributed by atoms with Gasteiger partial charge < -0.3 is 15.2 Å². The molecule has 0 bridgehead atoms. The largest absolute Gasteiger partial charge is 0.491 e. The fraction of sp³-hybridized carbons (Fsp3) is 0.647. The Morgan fingerprint density at radius 2 is 1.85 bits per heavy atom. The van der Waals surface area contributed by atoms with Crippen molar-refractivity contribution in [1.29, 1.82) is 0 Å². The summed E-state index contributed by atoms with van der Waals surface area (Å²) in [6.07, 6.45) is 3.99. The van der Waals surface area contributed by atoms with Gasteiger partial charge in [-0.05, 0) is 37.0 Å². The third kappa shape index (κ3) is 6.40. The molecule has 114 valence electrons. The molecule has 0 saturated carbocycles. The second-order valence-corrected chi connectivity index (χ2v) is 5.26.